The Labute approximate surface area is 144 Å². The van der Waals surface area contributed by atoms with Crippen molar-refractivity contribution in [3.05, 3.63) is 47.0 Å². The summed E-state index contributed by atoms with van der Waals surface area (Å²) in [5.74, 6) is -2.83. The molecule has 1 heterocycles. The molecule has 25 heavy (non-hydrogen) atoms. The molecule has 4 nitrogen and oxygen atoms in total. The summed E-state index contributed by atoms with van der Waals surface area (Å²) in [7, 11) is 0. The van der Waals surface area contributed by atoms with Crippen LogP contribution in [0.25, 0.3) is 0 Å². The number of benzene rings is 1. The Morgan fingerprint density at radius 2 is 2.28 bits per heavy atom. The normalized spacial score (nSPS) is 25.5. The molecule has 0 spiro atoms. The number of nitrogens with zero attached hydrogens (tertiary/aromatic N) is 1. The lowest BCUT2D eigenvalue weighted by Gasteiger charge is -2.36. The lowest BCUT2D eigenvalue weighted by Crippen LogP contribution is -2.46. The third-order valence-corrected chi connectivity index (χ3v) is 4.95. The summed E-state index contributed by atoms with van der Waals surface area (Å²) < 4.78 is 32.7. The molecule has 3 atom stereocenters. The Bertz CT molecular complexity index is 745. The molecule has 0 amide bonds. The number of carbonyl (C=O) groups is 2. The molecule has 3 rings (SSSR count). The number of ether oxygens (including phenoxy) is 1. The van der Waals surface area contributed by atoms with Gasteiger partial charge in [-0.2, -0.15) is 0 Å². The minimum absolute atomic E-state index is 0.185. The van der Waals surface area contributed by atoms with E-state index >= 15 is 0 Å². The molecule has 0 radical (unpaired) electrons. The third-order valence-electron chi connectivity index (χ3n) is 4.95. The summed E-state index contributed by atoms with van der Waals surface area (Å²) in [4.78, 5) is 28.6. The van der Waals surface area contributed by atoms with Gasteiger partial charge in [-0.25, -0.2) is 8.78 Å². The van der Waals surface area contributed by atoms with Gasteiger partial charge in [-0.15, -0.1) is 0 Å². The zero-order valence-corrected chi connectivity index (χ0v) is 13.9. The second kappa shape index (κ2) is 6.86. The Morgan fingerprint density at radius 3 is 2.92 bits per heavy atom. The highest BCUT2D eigenvalue weighted by molar-refractivity contribution is 5.90. The van der Waals surface area contributed by atoms with Gasteiger partial charge in [0.2, 0.25) is 0 Å². The minimum Gasteiger partial charge on any atom is -0.466 e. The summed E-state index contributed by atoms with van der Waals surface area (Å²) in [6.07, 6.45) is 6.52. The van der Waals surface area contributed by atoms with Gasteiger partial charge in [0.1, 0.15) is 17.2 Å². The molecule has 1 aromatic carbocycles. The maximum atomic E-state index is 14.0. The van der Waals surface area contributed by atoms with E-state index in [9.17, 15) is 18.4 Å². The highest BCUT2D eigenvalue weighted by Gasteiger charge is 2.48. The van der Waals surface area contributed by atoms with Crippen LogP contribution in [0.2, 0.25) is 0 Å². The molecule has 6 heteroatoms. The first kappa shape index (κ1) is 17.5. The zero-order valence-electron chi connectivity index (χ0n) is 13.9. The Hall–Kier alpha value is -2.37. The third kappa shape index (κ3) is 3.13. The van der Waals surface area contributed by atoms with E-state index < -0.39 is 29.1 Å². The summed E-state index contributed by atoms with van der Waals surface area (Å²) >= 11 is 0. The topological polar surface area (TPSA) is 55.7 Å². The number of rotatable bonds is 5. The number of aldehydes is 1. The fourth-order valence-corrected chi connectivity index (χ4v) is 3.85. The molecule has 1 aliphatic heterocycles. The molecular formula is C19H19F2NO3. The van der Waals surface area contributed by atoms with E-state index in [-0.39, 0.29) is 12.5 Å². The van der Waals surface area contributed by atoms with Crippen LogP contribution < -0.4 is 0 Å². The summed E-state index contributed by atoms with van der Waals surface area (Å²) in [6.45, 7) is 1.88. The molecule has 2 aliphatic rings. The lowest BCUT2D eigenvalue weighted by molar-refractivity contribution is -0.153. The molecule has 0 saturated carbocycles. The summed E-state index contributed by atoms with van der Waals surface area (Å²) in [6, 6.07) is 2.17. The van der Waals surface area contributed by atoms with Crippen LogP contribution in [0.15, 0.2) is 29.3 Å². The highest BCUT2D eigenvalue weighted by Crippen LogP contribution is 2.40. The van der Waals surface area contributed by atoms with Crippen molar-refractivity contribution in [2.24, 2.45) is 16.8 Å². The number of fused-ring (bicyclic) bond motifs is 1. The quantitative estimate of drug-likeness (QED) is 0.608. The Balaban J connectivity index is 1.97. The molecule has 3 unspecified atom stereocenters. The number of hydrogen-bond donors (Lipinski definition) is 0. The van der Waals surface area contributed by atoms with Crippen LogP contribution in [0.1, 0.15) is 24.5 Å². The van der Waals surface area contributed by atoms with E-state index in [4.69, 9.17) is 4.74 Å². The van der Waals surface area contributed by atoms with Gasteiger partial charge in [0, 0.05) is 12.3 Å². The van der Waals surface area contributed by atoms with Crippen LogP contribution in [-0.2, 0) is 27.2 Å². The van der Waals surface area contributed by atoms with Crippen molar-refractivity contribution in [2.45, 2.75) is 31.7 Å². The maximum absolute atomic E-state index is 14.0. The maximum Gasteiger partial charge on any atom is 0.312 e. The SMILES string of the molecule is CCOC(=O)C(C1CCc2c(F)cc(F)cc2C1)C1(C=O)C=CC=N1. The molecule has 0 aromatic heterocycles. The van der Waals surface area contributed by atoms with Crippen molar-refractivity contribution in [1.29, 1.82) is 0 Å². The standard InChI is InChI=1S/C19H19F2NO3/c1-2-25-18(24)17(19(11-23)6-3-7-22-19)12-4-5-15-13(8-12)9-14(20)10-16(15)21/h3,6-7,9-12,17H,2,4-5,8H2,1H3. The Morgan fingerprint density at radius 1 is 1.48 bits per heavy atom. The summed E-state index contributed by atoms with van der Waals surface area (Å²) in [5, 5.41) is 0. The number of halogens is 2. The average molecular weight is 347 g/mol. The fourth-order valence-electron chi connectivity index (χ4n) is 3.85. The molecule has 0 fully saturated rings. The number of aliphatic imine (C=N–C) groups is 1. The predicted octanol–water partition coefficient (Wildman–Crippen LogP) is 2.83. The van der Waals surface area contributed by atoms with Crippen molar-refractivity contribution in [1.82, 2.24) is 0 Å². The van der Waals surface area contributed by atoms with Crippen LogP contribution in [0, 0.1) is 23.5 Å². The van der Waals surface area contributed by atoms with E-state index in [0.717, 1.165) is 6.07 Å². The van der Waals surface area contributed by atoms with Crippen LogP contribution >= 0.6 is 0 Å². The fraction of sp³-hybridized carbons (Fsp3) is 0.421. The van der Waals surface area contributed by atoms with Crippen molar-refractivity contribution >= 4 is 18.5 Å². The van der Waals surface area contributed by atoms with E-state index in [2.05, 4.69) is 4.99 Å². The zero-order chi connectivity index (χ0) is 18.0. The molecule has 0 bridgehead atoms. The predicted molar refractivity (Wildman–Crippen MR) is 88.4 cm³/mol. The smallest absolute Gasteiger partial charge is 0.312 e. The van der Waals surface area contributed by atoms with Crippen LogP contribution in [0.4, 0.5) is 8.78 Å². The van der Waals surface area contributed by atoms with E-state index in [0.29, 0.717) is 36.7 Å². The lowest BCUT2D eigenvalue weighted by atomic mass is 9.69. The van der Waals surface area contributed by atoms with Gasteiger partial charge < -0.3 is 9.53 Å². The van der Waals surface area contributed by atoms with Gasteiger partial charge in [-0.05, 0) is 61.4 Å². The number of esters is 1. The van der Waals surface area contributed by atoms with Gasteiger partial charge in [0.15, 0.2) is 6.29 Å². The van der Waals surface area contributed by atoms with Crippen molar-refractivity contribution in [3.63, 3.8) is 0 Å². The van der Waals surface area contributed by atoms with Crippen molar-refractivity contribution < 1.29 is 23.1 Å². The van der Waals surface area contributed by atoms with Gasteiger partial charge >= 0.3 is 5.97 Å². The molecule has 1 aromatic rings. The first-order chi connectivity index (χ1) is 12.0. The number of allylic oxidation sites excluding steroid dienone is 1. The van der Waals surface area contributed by atoms with E-state index in [1.54, 1.807) is 19.1 Å². The molecular weight excluding hydrogens is 328 g/mol. The van der Waals surface area contributed by atoms with Gasteiger partial charge in [0.25, 0.3) is 0 Å². The summed E-state index contributed by atoms with van der Waals surface area (Å²) in [5.41, 5.74) is -0.291. The molecule has 1 aliphatic carbocycles. The second-order valence-corrected chi connectivity index (χ2v) is 6.40. The monoisotopic (exact) mass is 347 g/mol. The van der Waals surface area contributed by atoms with Crippen LogP contribution in [0.5, 0.6) is 0 Å². The largest absolute Gasteiger partial charge is 0.466 e. The minimum atomic E-state index is -1.31. The van der Waals surface area contributed by atoms with Gasteiger partial charge in [0.05, 0.1) is 12.5 Å². The second-order valence-electron chi connectivity index (χ2n) is 6.40. The van der Waals surface area contributed by atoms with Crippen LogP contribution in [0.3, 0.4) is 0 Å². The average Bonchev–Trinajstić information content (AvgIpc) is 3.04. The first-order valence-corrected chi connectivity index (χ1v) is 8.33. The molecule has 132 valence electrons. The van der Waals surface area contributed by atoms with Gasteiger partial charge in [-0.3, -0.25) is 9.79 Å². The molecule has 0 N–H and O–H groups in total. The Kier molecular flexibility index (Phi) is 4.79. The number of hydrogen-bond acceptors (Lipinski definition) is 4. The van der Waals surface area contributed by atoms with Crippen molar-refractivity contribution in [3.8, 4) is 0 Å². The van der Waals surface area contributed by atoms with Crippen LogP contribution in [-0.4, -0.2) is 30.6 Å². The van der Waals surface area contributed by atoms with Crippen molar-refractivity contribution in [2.75, 3.05) is 6.61 Å². The first-order valence-electron chi connectivity index (χ1n) is 8.33. The number of carbonyl (C=O) groups excluding carboxylic acids is 2. The van der Waals surface area contributed by atoms with Gasteiger partial charge in [-0.1, -0.05) is 0 Å². The van der Waals surface area contributed by atoms with E-state index in [1.807, 2.05) is 0 Å². The molecule has 0 saturated heterocycles. The van der Waals surface area contributed by atoms with E-state index in [1.165, 1.54) is 12.3 Å². The highest BCUT2D eigenvalue weighted by atomic mass is 19.1.